The summed E-state index contributed by atoms with van der Waals surface area (Å²) in [6, 6.07) is 22.1. The average Bonchev–Trinajstić information content (AvgIpc) is 2.83. The molecule has 3 aromatic carbocycles. The highest BCUT2D eigenvalue weighted by Gasteiger charge is 2.34. The standard InChI is InChI=1S/C23H19ClN2O2/c1-15-11-12-18-20(13-15)25-21(27)14-26(22(18)16-7-3-2-4-8-16)23(28)17-9-5-6-10-19(17)24/h2-13,22H,14H2,1H3,(H,25,27). The predicted octanol–water partition coefficient (Wildman–Crippen LogP) is 4.83. The van der Waals surface area contributed by atoms with Crippen LogP contribution in [0.4, 0.5) is 5.69 Å². The molecule has 0 saturated carbocycles. The van der Waals surface area contributed by atoms with Crippen molar-refractivity contribution in [2.45, 2.75) is 13.0 Å². The monoisotopic (exact) mass is 390 g/mol. The van der Waals surface area contributed by atoms with Crippen molar-refractivity contribution in [2.75, 3.05) is 11.9 Å². The van der Waals surface area contributed by atoms with Crippen molar-refractivity contribution < 1.29 is 9.59 Å². The predicted molar refractivity (Wildman–Crippen MR) is 111 cm³/mol. The van der Waals surface area contributed by atoms with Gasteiger partial charge in [0.05, 0.1) is 16.6 Å². The van der Waals surface area contributed by atoms with Crippen LogP contribution in [-0.2, 0) is 4.79 Å². The minimum absolute atomic E-state index is 0.0582. The van der Waals surface area contributed by atoms with Gasteiger partial charge in [0.2, 0.25) is 5.91 Å². The van der Waals surface area contributed by atoms with Crippen molar-refractivity contribution in [3.8, 4) is 0 Å². The molecule has 1 atom stereocenters. The molecule has 4 nitrogen and oxygen atoms in total. The summed E-state index contributed by atoms with van der Waals surface area (Å²) in [7, 11) is 0. The van der Waals surface area contributed by atoms with Gasteiger partial charge in [-0.1, -0.05) is 66.2 Å². The Morgan fingerprint density at radius 2 is 1.75 bits per heavy atom. The lowest BCUT2D eigenvalue weighted by Gasteiger charge is -2.31. The maximum atomic E-state index is 13.4. The second kappa shape index (κ2) is 7.49. The third kappa shape index (κ3) is 3.39. The highest BCUT2D eigenvalue weighted by Crippen LogP contribution is 2.37. The second-order valence-corrected chi connectivity index (χ2v) is 7.27. The number of carbonyl (C=O) groups is 2. The second-order valence-electron chi connectivity index (χ2n) is 6.87. The van der Waals surface area contributed by atoms with Gasteiger partial charge in [0.1, 0.15) is 6.54 Å². The first kappa shape index (κ1) is 18.3. The molecule has 1 aliphatic rings. The number of halogens is 1. The topological polar surface area (TPSA) is 49.4 Å². The maximum absolute atomic E-state index is 13.4. The Labute approximate surface area is 168 Å². The molecule has 1 unspecified atom stereocenters. The molecule has 0 fully saturated rings. The van der Waals surface area contributed by atoms with Gasteiger partial charge in [-0.25, -0.2) is 0 Å². The van der Waals surface area contributed by atoms with E-state index in [4.69, 9.17) is 11.6 Å². The van der Waals surface area contributed by atoms with E-state index in [-0.39, 0.29) is 18.4 Å². The zero-order valence-corrected chi connectivity index (χ0v) is 16.1. The first-order valence-corrected chi connectivity index (χ1v) is 9.43. The molecule has 5 heteroatoms. The summed E-state index contributed by atoms with van der Waals surface area (Å²) in [4.78, 5) is 27.7. The lowest BCUT2D eigenvalue weighted by molar-refractivity contribution is -0.117. The molecule has 140 valence electrons. The number of amides is 2. The van der Waals surface area contributed by atoms with Crippen LogP contribution in [0.3, 0.4) is 0 Å². The van der Waals surface area contributed by atoms with E-state index >= 15 is 0 Å². The number of nitrogens with one attached hydrogen (secondary N) is 1. The van der Waals surface area contributed by atoms with Crippen molar-refractivity contribution in [3.05, 3.63) is 100 Å². The molecule has 1 heterocycles. The Hall–Kier alpha value is -3.11. The Morgan fingerprint density at radius 3 is 2.50 bits per heavy atom. The van der Waals surface area contributed by atoms with Crippen molar-refractivity contribution >= 4 is 29.1 Å². The highest BCUT2D eigenvalue weighted by atomic mass is 35.5. The minimum Gasteiger partial charge on any atom is -0.324 e. The molecule has 1 aliphatic heterocycles. The Balaban J connectivity index is 1.90. The van der Waals surface area contributed by atoms with Crippen molar-refractivity contribution in [1.82, 2.24) is 4.90 Å². The quantitative estimate of drug-likeness (QED) is 0.681. The van der Waals surface area contributed by atoms with Crippen LogP contribution in [0.5, 0.6) is 0 Å². The molecular weight excluding hydrogens is 372 g/mol. The number of rotatable bonds is 2. The number of benzene rings is 3. The van der Waals surface area contributed by atoms with Gasteiger partial charge < -0.3 is 10.2 Å². The van der Waals surface area contributed by atoms with Crippen molar-refractivity contribution in [1.29, 1.82) is 0 Å². The van der Waals surface area contributed by atoms with Gasteiger partial charge in [0, 0.05) is 11.3 Å². The van der Waals surface area contributed by atoms with Gasteiger partial charge in [0.15, 0.2) is 0 Å². The van der Waals surface area contributed by atoms with E-state index in [0.29, 0.717) is 10.6 Å². The Bertz CT molecular complexity index is 1050. The van der Waals surface area contributed by atoms with Gasteiger partial charge in [-0.15, -0.1) is 0 Å². The molecule has 1 N–H and O–H groups in total. The summed E-state index contributed by atoms with van der Waals surface area (Å²) < 4.78 is 0. The lowest BCUT2D eigenvalue weighted by Crippen LogP contribution is -2.39. The summed E-state index contributed by atoms with van der Waals surface area (Å²) in [6.45, 7) is 1.92. The molecule has 3 aromatic rings. The van der Waals surface area contributed by atoms with E-state index in [1.54, 1.807) is 29.2 Å². The van der Waals surface area contributed by atoms with Crippen LogP contribution in [-0.4, -0.2) is 23.3 Å². The third-order valence-corrected chi connectivity index (χ3v) is 5.21. The third-order valence-electron chi connectivity index (χ3n) is 4.88. The van der Waals surface area contributed by atoms with E-state index in [0.717, 1.165) is 22.4 Å². The molecule has 2 amide bonds. The van der Waals surface area contributed by atoms with Crippen LogP contribution in [0.15, 0.2) is 72.8 Å². The number of hydrogen-bond acceptors (Lipinski definition) is 2. The van der Waals surface area contributed by atoms with Gasteiger partial charge in [-0.2, -0.15) is 0 Å². The fourth-order valence-electron chi connectivity index (χ4n) is 3.59. The van der Waals surface area contributed by atoms with Crippen LogP contribution in [0.2, 0.25) is 5.02 Å². The fraction of sp³-hybridized carbons (Fsp3) is 0.130. The van der Waals surface area contributed by atoms with Crippen LogP contribution in [0.25, 0.3) is 0 Å². The van der Waals surface area contributed by atoms with E-state index < -0.39 is 6.04 Å². The first-order valence-electron chi connectivity index (χ1n) is 9.05. The van der Waals surface area contributed by atoms with Crippen molar-refractivity contribution in [3.63, 3.8) is 0 Å². The number of fused-ring (bicyclic) bond motifs is 1. The molecule has 0 saturated heterocycles. The Kier molecular flexibility index (Phi) is 4.88. The number of anilines is 1. The molecule has 4 rings (SSSR count). The lowest BCUT2D eigenvalue weighted by atomic mass is 9.94. The summed E-state index contributed by atoms with van der Waals surface area (Å²) in [5.74, 6) is -0.506. The Morgan fingerprint density at radius 1 is 1.04 bits per heavy atom. The number of aryl methyl sites for hydroxylation is 1. The van der Waals surface area contributed by atoms with Crippen LogP contribution in [0.1, 0.15) is 33.1 Å². The molecule has 28 heavy (non-hydrogen) atoms. The van der Waals surface area contributed by atoms with Crippen LogP contribution >= 0.6 is 11.6 Å². The van der Waals surface area contributed by atoms with E-state index in [2.05, 4.69) is 5.32 Å². The SMILES string of the molecule is Cc1ccc2c(c1)NC(=O)CN(C(=O)c1ccccc1Cl)C2c1ccccc1. The summed E-state index contributed by atoms with van der Waals surface area (Å²) in [5, 5.41) is 3.32. The van der Waals surface area contributed by atoms with Gasteiger partial charge in [-0.3, -0.25) is 9.59 Å². The zero-order valence-electron chi connectivity index (χ0n) is 15.4. The largest absolute Gasteiger partial charge is 0.324 e. The molecule has 0 bridgehead atoms. The first-order chi connectivity index (χ1) is 13.5. The number of hydrogen-bond donors (Lipinski definition) is 1. The molecule has 0 radical (unpaired) electrons. The van der Waals surface area contributed by atoms with Crippen LogP contribution in [0, 0.1) is 6.92 Å². The normalized spacial score (nSPS) is 16.1. The number of carbonyl (C=O) groups excluding carboxylic acids is 2. The van der Waals surface area contributed by atoms with Gasteiger partial charge in [0.25, 0.3) is 5.91 Å². The van der Waals surface area contributed by atoms with Gasteiger partial charge >= 0.3 is 0 Å². The van der Waals surface area contributed by atoms with E-state index in [1.807, 2.05) is 55.5 Å². The number of nitrogens with zero attached hydrogens (tertiary/aromatic N) is 1. The zero-order chi connectivity index (χ0) is 19.7. The smallest absolute Gasteiger partial charge is 0.256 e. The van der Waals surface area contributed by atoms with Gasteiger partial charge in [-0.05, 0) is 36.2 Å². The van der Waals surface area contributed by atoms with E-state index in [1.165, 1.54) is 0 Å². The maximum Gasteiger partial charge on any atom is 0.256 e. The van der Waals surface area contributed by atoms with Crippen molar-refractivity contribution in [2.24, 2.45) is 0 Å². The van der Waals surface area contributed by atoms with E-state index in [9.17, 15) is 9.59 Å². The highest BCUT2D eigenvalue weighted by molar-refractivity contribution is 6.33. The summed E-state index contributed by atoms with van der Waals surface area (Å²) in [5.41, 5.74) is 3.96. The minimum atomic E-state index is -0.403. The summed E-state index contributed by atoms with van der Waals surface area (Å²) >= 11 is 6.28. The summed E-state index contributed by atoms with van der Waals surface area (Å²) in [6.07, 6.45) is 0. The molecule has 0 aromatic heterocycles. The molecule has 0 aliphatic carbocycles. The molecular formula is C23H19ClN2O2. The molecule has 0 spiro atoms. The van der Waals surface area contributed by atoms with Crippen LogP contribution < -0.4 is 5.32 Å². The fourth-order valence-corrected chi connectivity index (χ4v) is 3.81. The average molecular weight is 391 g/mol.